The standard InChI is InChI=1S/C17H23N5/c1-2-17-19-11-16(12-20-17)14-22-8-6-21(7-9-22)13-15-4-3-5-18-10-15/h3-5,10-12H,2,6-9,13-14H2,1H3. The Balaban J connectivity index is 1.47. The Morgan fingerprint density at radius 2 is 1.55 bits per heavy atom. The number of pyridine rings is 1. The molecule has 0 atom stereocenters. The molecular formula is C17H23N5. The fraction of sp³-hybridized carbons (Fsp3) is 0.471. The van der Waals surface area contributed by atoms with Crippen LogP contribution in [0.15, 0.2) is 36.9 Å². The minimum atomic E-state index is 0.896. The first kappa shape index (κ1) is 15.1. The molecule has 0 spiro atoms. The van der Waals surface area contributed by atoms with Gasteiger partial charge in [0.15, 0.2) is 0 Å². The lowest BCUT2D eigenvalue weighted by Crippen LogP contribution is -2.45. The number of aryl methyl sites for hydroxylation is 1. The first-order valence-electron chi connectivity index (χ1n) is 7.97. The molecule has 1 fully saturated rings. The molecule has 0 unspecified atom stereocenters. The summed E-state index contributed by atoms with van der Waals surface area (Å²) in [6.45, 7) is 8.41. The predicted molar refractivity (Wildman–Crippen MR) is 86.2 cm³/mol. The Kier molecular flexibility index (Phi) is 5.08. The van der Waals surface area contributed by atoms with E-state index in [9.17, 15) is 0 Å². The third-order valence-corrected chi connectivity index (χ3v) is 4.08. The molecule has 22 heavy (non-hydrogen) atoms. The van der Waals surface area contributed by atoms with Crippen molar-refractivity contribution in [2.75, 3.05) is 26.2 Å². The maximum absolute atomic E-state index is 4.38. The zero-order valence-corrected chi connectivity index (χ0v) is 13.1. The third-order valence-electron chi connectivity index (χ3n) is 4.08. The maximum Gasteiger partial charge on any atom is 0.127 e. The van der Waals surface area contributed by atoms with Gasteiger partial charge < -0.3 is 0 Å². The minimum absolute atomic E-state index is 0.896. The molecule has 116 valence electrons. The van der Waals surface area contributed by atoms with Gasteiger partial charge in [0.25, 0.3) is 0 Å². The molecule has 1 saturated heterocycles. The Morgan fingerprint density at radius 1 is 0.909 bits per heavy atom. The largest absolute Gasteiger partial charge is 0.296 e. The van der Waals surface area contributed by atoms with Crippen LogP contribution in [0.4, 0.5) is 0 Å². The third kappa shape index (κ3) is 4.08. The van der Waals surface area contributed by atoms with Gasteiger partial charge in [-0.1, -0.05) is 13.0 Å². The Labute approximate surface area is 132 Å². The number of hydrogen-bond donors (Lipinski definition) is 0. The van der Waals surface area contributed by atoms with Crippen LogP contribution < -0.4 is 0 Å². The van der Waals surface area contributed by atoms with E-state index in [1.54, 1.807) is 0 Å². The van der Waals surface area contributed by atoms with Crippen molar-refractivity contribution in [2.24, 2.45) is 0 Å². The zero-order valence-electron chi connectivity index (χ0n) is 13.1. The molecule has 0 amide bonds. The van der Waals surface area contributed by atoms with Gasteiger partial charge in [-0.3, -0.25) is 14.8 Å². The molecule has 1 aliphatic rings. The molecule has 0 radical (unpaired) electrons. The van der Waals surface area contributed by atoms with Gasteiger partial charge in [-0.25, -0.2) is 9.97 Å². The molecule has 0 aliphatic carbocycles. The second-order valence-electron chi connectivity index (χ2n) is 5.77. The van der Waals surface area contributed by atoms with E-state index in [0.717, 1.165) is 51.5 Å². The molecule has 5 heteroatoms. The summed E-state index contributed by atoms with van der Waals surface area (Å²) in [5.41, 5.74) is 2.50. The van der Waals surface area contributed by atoms with Crippen LogP contribution in [0.1, 0.15) is 23.9 Å². The van der Waals surface area contributed by atoms with Crippen LogP contribution in [0.25, 0.3) is 0 Å². The highest BCUT2D eigenvalue weighted by Crippen LogP contribution is 2.10. The molecule has 2 aromatic heterocycles. The van der Waals surface area contributed by atoms with Crippen LogP contribution in [0.5, 0.6) is 0 Å². The number of aromatic nitrogens is 3. The summed E-state index contributed by atoms with van der Waals surface area (Å²) >= 11 is 0. The number of piperazine rings is 1. The van der Waals surface area contributed by atoms with Gasteiger partial charge in [0.1, 0.15) is 5.82 Å². The number of hydrogen-bond acceptors (Lipinski definition) is 5. The average Bonchev–Trinajstić information content (AvgIpc) is 2.58. The fourth-order valence-corrected chi connectivity index (χ4v) is 2.76. The van der Waals surface area contributed by atoms with Gasteiger partial charge in [-0.05, 0) is 11.6 Å². The normalized spacial score (nSPS) is 16.8. The molecular weight excluding hydrogens is 274 g/mol. The van der Waals surface area contributed by atoms with Gasteiger partial charge in [-0.15, -0.1) is 0 Å². The van der Waals surface area contributed by atoms with Crippen molar-refractivity contribution < 1.29 is 0 Å². The van der Waals surface area contributed by atoms with Crippen LogP contribution in [-0.4, -0.2) is 50.9 Å². The molecule has 0 aromatic carbocycles. The van der Waals surface area contributed by atoms with E-state index in [0.29, 0.717) is 0 Å². The van der Waals surface area contributed by atoms with Crippen LogP contribution in [0, 0.1) is 0 Å². The Morgan fingerprint density at radius 3 is 2.09 bits per heavy atom. The van der Waals surface area contributed by atoms with E-state index in [1.807, 2.05) is 30.9 Å². The summed E-state index contributed by atoms with van der Waals surface area (Å²) in [6, 6.07) is 4.15. The van der Waals surface area contributed by atoms with E-state index in [-0.39, 0.29) is 0 Å². The van der Waals surface area contributed by atoms with Gasteiger partial charge in [-0.2, -0.15) is 0 Å². The van der Waals surface area contributed by atoms with Crippen molar-refractivity contribution in [3.8, 4) is 0 Å². The molecule has 3 rings (SSSR count). The summed E-state index contributed by atoms with van der Waals surface area (Å²) in [5.74, 6) is 0.921. The topological polar surface area (TPSA) is 45.2 Å². The summed E-state index contributed by atoms with van der Waals surface area (Å²) in [7, 11) is 0. The second kappa shape index (κ2) is 7.42. The van der Waals surface area contributed by atoms with Gasteiger partial charge in [0, 0.05) is 76.0 Å². The van der Waals surface area contributed by atoms with Crippen molar-refractivity contribution >= 4 is 0 Å². The highest BCUT2D eigenvalue weighted by molar-refractivity contribution is 5.08. The zero-order chi connectivity index (χ0) is 15.2. The van der Waals surface area contributed by atoms with Crippen LogP contribution in [0.2, 0.25) is 0 Å². The van der Waals surface area contributed by atoms with Crippen LogP contribution >= 0.6 is 0 Å². The highest BCUT2D eigenvalue weighted by atomic mass is 15.3. The van der Waals surface area contributed by atoms with Crippen molar-refractivity contribution in [3.63, 3.8) is 0 Å². The molecule has 0 bridgehead atoms. The molecule has 0 saturated carbocycles. The van der Waals surface area contributed by atoms with Crippen molar-refractivity contribution in [3.05, 3.63) is 53.9 Å². The monoisotopic (exact) mass is 297 g/mol. The maximum atomic E-state index is 4.38. The van der Waals surface area contributed by atoms with E-state index in [4.69, 9.17) is 0 Å². The lowest BCUT2D eigenvalue weighted by molar-refractivity contribution is 0.121. The van der Waals surface area contributed by atoms with E-state index >= 15 is 0 Å². The molecule has 0 N–H and O–H groups in total. The minimum Gasteiger partial charge on any atom is -0.296 e. The summed E-state index contributed by atoms with van der Waals surface area (Å²) in [4.78, 5) is 17.9. The van der Waals surface area contributed by atoms with E-state index < -0.39 is 0 Å². The summed E-state index contributed by atoms with van der Waals surface area (Å²) < 4.78 is 0. The molecule has 2 aromatic rings. The number of rotatable bonds is 5. The first-order chi connectivity index (χ1) is 10.8. The average molecular weight is 297 g/mol. The predicted octanol–water partition coefficient (Wildman–Crippen LogP) is 1.75. The summed E-state index contributed by atoms with van der Waals surface area (Å²) in [5, 5.41) is 0. The number of nitrogens with zero attached hydrogens (tertiary/aromatic N) is 5. The SMILES string of the molecule is CCc1ncc(CN2CCN(Cc3cccnc3)CC2)cn1. The van der Waals surface area contributed by atoms with Crippen LogP contribution in [0.3, 0.4) is 0 Å². The van der Waals surface area contributed by atoms with Gasteiger partial charge >= 0.3 is 0 Å². The molecule has 1 aliphatic heterocycles. The molecule has 5 nitrogen and oxygen atoms in total. The van der Waals surface area contributed by atoms with E-state index in [1.165, 1.54) is 11.1 Å². The Hall–Kier alpha value is -1.85. The lowest BCUT2D eigenvalue weighted by Gasteiger charge is -2.34. The van der Waals surface area contributed by atoms with Gasteiger partial charge in [0.2, 0.25) is 0 Å². The quantitative estimate of drug-likeness (QED) is 0.841. The summed E-state index contributed by atoms with van der Waals surface area (Å²) in [6.07, 6.45) is 8.61. The Bertz CT molecular complexity index is 561. The van der Waals surface area contributed by atoms with Crippen molar-refractivity contribution in [2.45, 2.75) is 26.4 Å². The smallest absolute Gasteiger partial charge is 0.127 e. The highest BCUT2D eigenvalue weighted by Gasteiger charge is 2.17. The first-order valence-corrected chi connectivity index (χ1v) is 7.97. The van der Waals surface area contributed by atoms with E-state index in [2.05, 4.69) is 37.7 Å². The fourth-order valence-electron chi connectivity index (χ4n) is 2.76. The molecule has 3 heterocycles. The lowest BCUT2D eigenvalue weighted by atomic mass is 10.2. The van der Waals surface area contributed by atoms with Crippen molar-refractivity contribution in [1.29, 1.82) is 0 Å². The van der Waals surface area contributed by atoms with Gasteiger partial charge in [0.05, 0.1) is 0 Å². The second-order valence-corrected chi connectivity index (χ2v) is 5.77. The van der Waals surface area contributed by atoms with Crippen LogP contribution in [-0.2, 0) is 19.5 Å². The van der Waals surface area contributed by atoms with Crippen molar-refractivity contribution in [1.82, 2.24) is 24.8 Å².